The van der Waals surface area contributed by atoms with Crippen molar-refractivity contribution in [2.45, 2.75) is 59.5 Å². The Morgan fingerprint density at radius 2 is 1.71 bits per heavy atom. The molecule has 5 heteroatoms. The number of nitrogens with one attached hydrogen (secondary N) is 1. The van der Waals surface area contributed by atoms with Crippen LogP contribution in [0.3, 0.4) is 0 Å². The van der Waals surface area contributed by atoms with Crippen molar-refractivity contribution in [2.24, 2.45) is 5.92 Å². The van der Waals surface area contributed by atoms with Gasteiger partial charge in [0.15, 0.2) is 0 Å². The number of hydrogen-bond acceptors (Lipinski definition) is 3. The fourth-order valence-electron chi connectivity index (χ4n) is 3.31. The van der Waals surface area contributed by atoms with Gasteiger partial charge in [0, 0.05) is 19.5 Å². The van der Waals surface area contributed by atoms with Crippen LogP contribution in [0.2, 0.25) is 0 Å². The number of ether oxygens (including phenoxy) is 1. The van der Waals surface area contributed by atoms with Crippen molar-refractivity contribution in [3.05, 3.63) is 65.7 Å². The van der Waals surface area contributed by atoms with Gasteiger partial charge in [-0.15, -0.1) is 0 Å². The number of rotatable bonds is 12. The number of nitrogens with zero attached hydrogens (tertiary/aromatic N) is 1. The van der Waals surface area contributed by atoms with Crippen LogP contribution >= 0.6 is 0 Å². The molecule has 0 saturated carbocycles. The molecule has 0 aliphatic rings. The SMILES string of the molecule is CCC(C(=O)NCC(C)C)N(Cc1ccc(C)cc1)C(=O)CCCOc1ccccc1. The van der Waals surface area contributed by atoms with Crippen LogP contribution in [0.5, 0.6) is 5.75 Å². The van der Waals surface area contributed by atoms with Crippen molar-refractivity contribution in [3.8, 4) is 5.75 Å². The molecule has 2 amide bonds. The molecule has 5 nitrogen and oxygen atoms in total. The van der Waals surface area contributed by atoms with E-state index in [4.69, 9.17) is 4.74 Å². The maximum atomic E-state index is 13.2. The van der Waals surface area contributed by atoms with E-state index in [9.17, 15) is 9.59 Å². The maximum absolute atomic E-state index is 13.2. The molecule has 168 valence electrons. The minimum absolute atomic E-state index is 0.0243. The van der Waals surface area contributed by atoms with Gasteiger partial charge in [-0.3, -0.25) is 9.59 Å². The van der Waals surface area contributed by atoms with E-state index >= 15 is 0 Å². The van der Waals surface area contributed by atoms with Gasteiger partial charge in [-0.05, 0) is 43.4 Å². The van der Waals surface area contributed by atoms with Crippen LogP contribution in [0.15, 0.2) is 54.6 Å². The lowest BCUT2D eigenvalue weighted by molar-refractivity contribution is -0.141. The van der Waals surface area contributed by atoms with Crippen LogP contribution < -0.4 is 10.1 Å². The van der Waals surface area contributed by atoms with Gasteiger partial charge in [0.05, 0.1) is 6.61 Å². The summed E-state index contributed by atoms with van der Waals surface area (Å²) in [5, 5.41) is 2.99. The van der Waals surface area contributed by atoms with Crippen molar-refractivity contribution in [1.29, 1.82) is 0 Å². The summed E-state index contributed by atoms with van der Waals surface area (Å²) in [5.41, 5.74) is 2.19. The molecule has 0 spiro atoms. The summed E-state index contributed by atoms with van der Waals surface area (Å²) in [6.45, 7) is 9.59. The molecule has 2 aromatic rings. The molecule has 2 rings (SSSR count). The molecular weight excluding hydrogens is 388 g/mol. The Bertz CT molecular complexity index is 803. The second kappa shape index (κ2) is 12.8. The Labute approximate surface area is 186 Å². The molecule has 1 unspecified atom stereocenters. The second-order valence-corrected chi connectivity index (χ2v) is 8.34. The van der Waals surface area contributed by atoms with Crippen LogP contribution in [0, 0.1) is 12.8 Å². The highest BCUT2D eigenvalue weighted by Gasteiger charge is 2.28. The van der Waals surface area contributed by atoms with Crippen molar-refractivity contribution < 1.29 is 14.3 Å². The first-order valence-electron chi connectivity index (χ1n) is 11.2. The molecule has 31 heavy (non-hydrogen) atoms. The van der Waals surface area contributed by atoms with Crippen LogP contribution in [0.4, 0.5) is 0 Å². The third-order valence-electron chi connectivity index (χ3n) is 5.09. The monoisotopic (exact) mass is 424 g/mol. The van der Waals surface area contributed by atoms with E-state index in [0.717, 1.165) is 11.3 Å². The predicted octanol–water partition coefficient (Wildman–Crippen LogP) is 4.73. The molecule has 0 radical (unpaired) electrons. The summed E-state index contributed by atoms with van der Waals surface area (Å²) in [5.74, 6) is 1.05. The maximum Gasteiger partial charge on any atom is 0.242 e. The van der Waals surface area contributed by atoms with E-state index < -0.39 is 6.04 Å². The Balaban J connectivity index is 2.04. The highest BCUT2D eigenvalue weighted by molar-refractivity contribution is 5.87. The van der Waals surface area contributed by atoms with Gasteiger partial charge in [0.25, 0.3) is 0 Å². The molecule has 0 fully saturated rings. The summed E-state index contributed by atoms with van der Waals surface area (Å²) < 4.78 is 5.72. The summed E-state index contributed by atoms with van der Waals surface area (Å²) >= 11 is 0. The number of hydrogen-bond donors (Lipinski definition) is 1. The Hall–Kier alpha value is -2.82. The standard InChI is InChI=1S/C26H36N2O3/c1-5-24(26(30)27-18-20(2)3)28(19-22-15-13-21(4)14-16-22)25(29)12-9-17-31-23-10-7-6-8-11-23/h6-8,10-11,13-16,20,24H,5,9,12,17-19H2,1-4H3,(H,27,30). The number of benzene rings is 2. The van der Waals surface area contributed by atoms with Gasteiger partial charge in [-0.1, -0.05) is 68.8 Å². The van der Waals surface area contributed by atoms with Crippen LogP contribution in [0.1, 0.15) is 51.2 Å². The van der Waals surface area contributed by atoms with Crippen molar-refractivity contribution >= 4 is 11.8 Å². The average molecular weight is 425 g/mol. The zero-order chi connectivity index (χ0) is 22.6. The highest BCUT2D eigenvalue weighted by atomic mass is 16.5. The van der Waals surface area contributed by atoms with E-state index in [1.165, 1.54) is 5.56 Å². The number of amides is 2. The second-order valence-electron chi connectivity index (χ2n) is 8.34. The first-order chi connectivity index (χ1) is 14.9. The van der Waals surface area contributed by atoms with Crippen molar-refractivity contribution in [1.82, 2.24) is 10.2 Å². The first-order valence-corrected chi connectivity index (χ1v) is 11.2. The normalized spacial score (nSPS) is 11.8. The number of carbonyl (C=O) groups is 2. The smallest absolute Gasteiger partial charge is 0.242 e. The molecular formula is C26H36N2O3. The van der Waals surface area contributed by atoms with Crippen LogP contribution in [0.25, 0.3) is 0 Å². The zero-order valence-corrected chi connectivity index (χ0v) is 19.3. The fraction of sp³-hybridized carbons (Fsp3) is 0.462. The van der Waals surface area contributed by atoms with E-state index in [1.54, 1.807) is 4.90 Å². The van der Waals surface area contributed by atoms with Crippen LogP contribution in [-0.2, 0) is 16.1 Å². The van der Waals surface area contributed by atoms with Gasteiger partial charge in [0.2, 0.25) is 11.8 Å². The predicted molar refractivity (Wildman–Crippen MR) is 125 cm³/mol. The third-order valence-corrected chi connectivity index (χ3v) is 5.09. The Kier molecular flexibility index (Phi) is 10.1. The van der Waals surface area contributed by atoms with Gasteiger partial charge < -0.3 is 15.0 Å². The first kappa shape index (κ1) is 24.4. The lowest BCUT2D eigenvalue weighted by atomic mass is 10.1. The fourth-order valence-corrected chi connectivity index (χ4v) is 3.31. The largest absolute Gasteiger partial charge is 0.494 e. The highest BCUT2D eigenvalue weighted by Crippen LogP contribution is 2.16. The van der Waals surface area contributed by atoms with Gasteiger partial charge in [-0.2, -0.15) is 0 Å². The van der Waals surface area contributed by atoms with Crippen molar-refractivity contribution in [2.75, 3.05) is 13.2 Å². The van der Waals surface area contributed by atoms with Gasteiger partial charge in [-0.25, -0.2) is 0 Å². The van der Waals surface area contributed by atoms with E-state index in [1.807, 2.05) is 68.4 Å². The molecule has 0 bridgehead atoms. The molecule has 0 aliphatic heterocycles. The van der Waals surface area contributed by atoms with E-state index in [-0.39, 0.29) is 11.8 Å². The number of aryl methyl sites for hydroxylation is 1. The minimum atomic E-state index is -0.484. The Morgan fingerprint density at radius 3 is 2.32 bits per heavy atom. The van der Waals surface area contributed by atoms with Gasteiger partial charge in [0.1, 0.15) is 11.8 Å². The lowest BCUT2D eigenvalue weighted by Crippen LogP contribution is -2.49. The molecule has 0 saturated heterocycles. The lowest BCUT2D eigenvalue weighted by Gasteiger charge is -2.31. The third kappa shape index (κ3) is 8.44. The topological polar surface area (TPSA) is 58.6 Å². The van der Waals surface area contributed by atoms with Crippen LogP contribution in [-0.4, -0.2) is 35.9 Å². The average Bonchev–Trinajstić information content (AvgIpc) is 2.77. The summed E-state index contributed by atoms with van der Waals surface area (Å²) in [7, 11) is 0. The molecule has 2 aromatic carbocycles. The van der Waals surface area contributed by atoms with Crippen molar-refractivity contribution in [3.63, 3.8) is 0 Å². The molecule has 0 aliphatic carbocycles. The van der Waals surface area contributed by atoms with E-state index in [0.29, 0.717) is 44.9 Å². The summed E-state index contributed by atoms with van der Waals surface area (Å²) in [6.07, 6.45) is 1.51. The number of carbonyl (C=O) groups excluding carboxylic acids is 2. The number of para-hydroxylation sites is 1. The zero-order valence-electron chi connectivity index (χ0n) is 19.3. The van der Waals surface area contributed by atoms with Gasteiger partial charge >= 0.3 is 0 Å². The molecule has 1 N–H and O–H groups in total. The Morgan fingerprint density at radius 1 is 1.03 bits per heavy atom. The summed E-state index contributed by atoms with van der Waals surface area (Å²) in [6, 6.07) is 17.2. The summed E-state index contributed by atoms with van der Waals surface area (Å²) in [4.78, 5) is 27.7. The van der Waals surface area contributed by atoms with E-state index in [2.05, 4.69) is 19.2 Å². The molecule has 0 aromatic heterocycles. The molecule has 0 heterocycles. The molecule has 1 atom stereocenters. The quantitative estimate of drug-likeness (QED) is 0.501. The minimum Gasteiger partial charge on any atom is -0.494 e.